The molecule has 4 aliphatic heterocycles. The summed E-state index contributed by atoms with van der Waals surface area (Å²) in [5.74, 6) is 0.117. The van der Waals surface area contributed by atoms with Gasteiger partial charge >= 0.3 is 6.09 Å². The molecule has 3 amide bonds. The van der Waals surface area contributed by atoms with E-state index in [9.17, 15) is 23.2 Å². The van der Waals surface area contributed by atoms with E-state index < -0.39 is 29.7 Å². The van der Waals surface area contributed by atoms with E-state index in [0.29, 0.717) is 31.2 Å². The number of anilines is 1. The maximum atomic E-state index is 14.6. The molecule has 2 bridgehead atoms. The number of aromatic nitrogens is 2. The molecule has 0 saturated carbocycles. The van der Waals surface area contributed by atoms with Gasteiger partial charge in [-0.1, -0.05) is 0 Å². The molecule has 1 aromatic heterocycles. The number of amides is 3. The largest absolute Gasteiger partial charge is 0.451 e. The molecule has 2 aromatic rings. The highest BCUT2D eigenvalue weighted by molar-refractivity contribution is 5.97. The molecule has 4 fully saturated rings. The zero-order chi connectivity index (χ0) is 34.5. The van der Waals surface area contributed by atoms with Crippen molar-refractivity contribution >= 4 is 23.7 Å². The number of benzene rings is 1. The Balaban J connectivity index is 1.15. The number of alkyl halides is 1. The van der Waals surface area contributed by atoms with Crippen LogP contribution in [-0.2, 0) is 9.53 Å². The smallest absolute Gasteiger partial charge is 0.411 e. The summed E-state index contributed by atoms with van der Waals surface area (Å²) in [4.78, 5) is 55.8. The summed E-state index contributed by atoms with van der Waals surface area (Å²) in [6.45, 7) is 12.7. The molecule has 0 radical (unpaired) electrons. The minimum absolute atomic E-state index is 0.00826. The number of nitrogens with zero attached hydrogens (tertiary/aromatic N) is 6. The van der Waals surface area contributed by atoms with Crippen LogP contribution in [0, 0.1) is 11.2 Å². The highest BCUT2D eigenvalue weighted by Gasteiger charge is 2.57. The highest BCUT2D eigenvalue weighted by Crippen LogP contribution is 2.52. The number of rotatable bonds is 7. The molecule has 260 valence electrons. The molecule has 48 heavy (non-hydrogen) atoms. The Morgan fingerprint density at radius 1 is 1.10 bits per heavy atom. The summed E-state index contributed by atoms with van der Waals surface area (Å²) in [5.41, 5.74) is -0.659. The molecule has 1 spiro atoms. The lowest BCUT2D eigenvalue weighted by atomic mass is 9.69. The van der Waals surface area contributed by atoms with Crippen molar-refractivity contribution in [3.8, 4) is 11.5 Å². The Morgan fingerprint density at radius 2 is 1.79 bits per heavy atom. The SMILES string of the molecule is CCN(C(=O)c1cc(F)ccc1Oc1cncnc1N1CC2(CC3CCC(C2)N3C(=O)[C@@H]2C[C@@H](F)CN2C(=O)OC(C)(C)C)C1)C(C)C. The Bertz CT molecular complexity index is 1540. The Kier molecular flexibility index (Phi) is 9.01. The lowest BCUT2D eigenvalue weighted by Crippen LogP contribution is -2.65. The van der Waals surface area contributed by atoms with Gasteiger partial charge in [-0.3, -0.25) is 14.5 Å². The maximum Gasteiger partial charge on any atom is 0.411 e. The summed E-state index contributed by atoms with van der Waals surface area (Å²) in [7, 11) is 0. The van der Waals surface area contributed by atoms with E-state index in [1.807, 2.05) is 25.7 Å². The van der Waals surface area contributed by atoms with Crippen LogP contribution in [0.15, 0.2) is 30.7 Å². The zero-order valence-electron chi connectivity index (χ0n) is 28.6. The van der Waals surface area contributed by atoms with Crippen LogP contribution in [0.25, 0.3) is 0 Å². The maximum absolute atomic E-state index is 14.6. The first-order valence-corrected chi connectivity index (χ1v) is 17.0. The average Bonchev–Trinajstić information content (AvgIpc) is 3.52. The van der Waals surface area contributed by atoms with Crippen LogP contribution in [-0.4, -0.2) is 105 Å². The Labute approximate surface area is 280 Å². The van der Waals surface area contributed by atoms with E-state index in [0.717, 1.165) is 25.7 Å². The number of piperidine rings is 1. The van der Waals surface area contributed by atoms with Crippen LogP contribution in [0.2, 0.25) is 0 Å². The second kappa shape index (κ2) is 12.8. The number of hydrogen-bond acceptors (Lipinski definition) is 8. The van der Waals surface area contributed by atoms with Crippen LogP contribution in [0.5, 0.6) is 11.5 Å². The molecule has 4 aliphatic rings. The number of halogens is 2. The third-order valence-corrected chi connectivity index (χ3v) is 10.0. The highest BCUT2D eigenvalue weighted by atomic mass is 19.1. The van der Waals surface area contributed by atoms with Crippen molar-refractivity contribution in [2.75, 3.05) is 31.1 Å². The fourth-order valence-electron chi connectivity index (χ4n) is 8.08. The van der Waals surface area contributed by atoms with Crippen LogP contribution >= 0.6 is 0 Å². The van der Waals surface area contributed by atoms with Crippen molar-refractivity contribution in [2.45, 2.75) is 110 Å². The average molecular weight is 669 g/mol. The first-order valence-electron chi connectivity index (χ1n) is 17.0. The molecule has 2 unspecified atom stereocenters. The Hall–Kier alpha value is -4.03. The van der Waals surface area contributed by atoms with Crippen molar-refractivity contribution < 1.29 is 32.6 Å². The summed E-state index contributed by atoms with van der Waals surface area (Å²) in [5, 5.41) is 0. The summed E-state index contributed by atoms with van der Waals surface area (Å²) in [6.07, 6.45) is 4.38. The number of carbonyl (C=O) groups is 3. The predicted molar refractivity (Wildman–Crippen MR) is 174 cm³/mol. The molecule has 4 saturated heterocycles. The summed E-state index contributed by atoms with van der Waals surface area (Å²) in [6, 6.07) is 2.99. The minimum Gasteiger partial charge on any atom is -0.451 e. The topological polar surface area (TPSA) is 108 Å². The van der Waals surface area contributed by atoms with Gasteiger partial charge in [0.15, 0.2) is 11.6 Å². The van der Waals surface area contributed by atoms with Crippen LogP contribution in [0.4, 0.5) is 19.4 Å². The number of ether oxygens (including phenoxy) is 2. The van der Waals surface area contributed by atoms with Crippen LogP contribution in [0.1, 0.15) is 84.0 Å². The normalized spacial score (nSPS) is 24.6. The van der Waals surface area contributed by atoms with Crippen molar-refractivity contribution in [1.82, 2.24) is 24.7 Å². The fourth-order valence-corrected chi connectivity index (χ4v) is 8.08. The molecule has 1 aromatic carbocycles. The Morgan fingerprint density at radius 3 is 2.42 bits per heavy atom. The monoisotopic (exact) mass is 668 g/mol. The first-order chi connectivity index (χ1) is 22.7. The number of hydrogen-bond donors (Lipinski definition) is 0. The van der Waals surface area contributed by atoms with E-state index in [1.54, 1.807) is 31.9 Å². The minimum atomic E-state index is -1.27. The molecule has 5 heterocycles. The van der Waals surface area contributed by atoms with E-state index in [2.05, 4.69) is 14.9 Å². The summed E-state index contributed by atoms with van der Waals surface area (Å²) >= 11 is 0. The first kappa shape index (κ1) is 33.9. The van der Waals surface area contributed by atoms with E-state index in [1.165, 1.54) is 29.4 Å². The lowest BCUT2D eigenvalue weighted by molar-refractivity contribution is -0.143. The van der Waals surface area contributed by atoms with Crippen molar-refractivity contribution in [3.05, 3.63) is 42.1 Å². The van der Waals surface area contributed by atoms with E-state index >= 15 is 0 Å². The molecule has 11 nitrogen and oxygen atoms in total. The van der Waals surface area contributed by atoms with Gasteiger partial charge in [0.25, 0.3) is 5.91 Å². The third-order valence-electron chi connectivity index (χ3n) is 10.0. The fraction of sp³-hybridized carbons (Fsp3) is 0.629. The molecular formula is C35H46F2N6O5. The van der Waals surface area contributed by atoms with Gasteiger partial charge in [-0.15, -0.1) is 0 Å². The van der Waals surface area contributed by atoms with Gasteiger partial charge in [-0.2, -0.15) is 0 Å². The van der Waals surface area contributed by atoms with Gasteiger partial charge in [0.2, 0.25) is 5.91 Å². The second-order valence-corrected chi connectivity index (χ2v) is 15.0. The van der Waals surface area contributed by atoms with Gasteiger partial charge in [0, 0.05) is 49.6 Å². The molecule has 0 aliphatic carbocycles. The molecule has 4 atom stereocenters. The van der Waals surface area contributed by atoms with E-state index in [-0.39, 0.29) is 59.6 Å². The molecule has 0 N–H and O–H groups in total. The van der Waals surface area contributed by atoms with Gasteiger partial charge < -0.3 is 24.2 Å². The van der Waals surface area contributed by atoms with E-state index in [4.69, 9.17) is 9.47 Å². The molecule has 13 heteroatoms. The number of carbonyl (C=O) groups excluding carboxylic acids is 3. The van der Waals surface area contributed by atoms with Crippen LogP contribution < -0.4 is 9.64 Å². The van der Waals surface area contributed by atoms with Gasteiger partial charge in [-0.05, 0) is 85.4 Å². The lowest BCUT2D eigenvalue weighted by Gasteiger charge is -2.57. The standard InChI is InChI=1S/C35H46F2N6O5/c1-7-41(21(2)3)31(44)26-12-22(36)8-11-28(26)47-29-16-38-20-39-30(29)40-18-35(19-40)14-24-9-10-25(15-35)43(24)32(45)27-13-23(37)17-42(27)33(46)48-34(4,5)6/h8,11-12,16,20-21,23-25,27H,7,9-10,13-15,17-19H2,1-6H3/t23-,24?,25?,27+/m1/s1. The zero-order valence-corrected chi connectivity index (χ0v) is 28.6. The number of fused-ring (bicyclic) bond motifs is 2. The van der Waals surface area contributed by atoms with Gasteiger partial charge in [0.1, 0.15) is 35.7 Å². The van der Waals surface area contributed by atoms with Crippen molar-refractivity contribution in [3.63, 3.8) is 0 Å². The number of likely N-dealkylation sites (tertiary alicyclic amines) is 1. The van der Waals surface area contributed by atoms with Gasteiger partial charge in [0.05, 0.1) is 18.3 Å². The van der Waals surface area contributed by atoms with Crippen molar-refractivity contribution in [2.24, 2.45) is 5.41 Å². The molecule has 6 rings (SSSR count). The quantitative estimate of drug-likeness (QED) is 0.376. The van der Waals surface area contributed by atoms with Gasteiger partial charge in [-0.25, -0.2) is 23.5 Å². The van der Waals surface area contributed by atoms with Crippen LogP contribution in [0.3, 0.4) is 0 Å². The second-order valence-electron chi connectivity index (χ2n) is 15.0. The molecular weight excluding hydrogens is 622 g/mol. The van der Waals surface area contributed by atoms with Crippen molar-refractivity contribution in [1.29, 1.82) is 0 Å². The third kappa shape index (κ3) is 6.52. The summed E-state index contributed by atoms with van der Waals surface area (Å²) < 4.78 is 40.7. The predicted octanol–water partition coefficient (Wildman–Crippen LogP) is 5.59.